The third-order valence-corrected chi connectivity index (χ3v) is 2.95. The van der Waals surface area contributed by atoms with Crippen LogP contribution in [0.25, 0.3) is 0 Å². The lowest BCUT2D eigenvalue weighted by Gasteiger charge is -2.01. The maximum atomic E-state index is 3.45. The van der Waals surface area contributed by atoms with E-state index in [0.717, 1.165) is 10.7 Å². The molecule has 0 aliphatic rings. The standard InChI is InChI=1S/C10H12Br2/c11-6-2-5-9-3-1-4-10(7-9)8-12/h1,3-4,7H,2,5-6,8H2. The summed E-state index contributed by atoms with van der Waals surface area (Å²) in [6.07, 6.45) is 2.39. The minimum atomic E-state index is 0.954. The summed E-state index contributed by atoms with van der Waals surface area (Å²) in [7, 11) is 0. The molecule has 2 heteroatoms. The SMILES string of the molecule is BrCCCc1cccc(CBr)c1. The Morgan fingerprint density at radius 2 is 1.83 bits per heavy atom. The summed E-state index contributed by atoms with van der Waals surface area (Å²) in [6, 6.07) is 8.72. The van der Waals surface area contributed by atoms with Gasteiger partial charge in [0.15, 0.2) is 0 Å². The van der Waals surface area contributed by atoms with Crippen molar-refractivity contribution in [2.45, 2.75) is 18.2 Å². The van der Waals surface area contributed by atoms with Gasteiger partial charge >= 0.3 is 0 Å². The van der Waals surface area contributed by atoms with Gasteiger partial charge in [-0.15, -0.1) is 0 Å². The fourth-order valence-electron chi connectivity index (χ4n) is 1.14. The molecule has 0 unspecified atom stereocenters. The summed E-state index contributed by atoms with van der Waals surface area (Å²) in [5.74, 6) is 0. The van der Waals surface area contributed by atoms with Crippen LogP contribution >= 0.6 is 31.9 Å². The number of halogens is 2. The van der Waals surface area contributed by atoms with Crippen LogP contribution in [0.2, 0.25) is 0 Å². The highest BCUT2D eigenvalue weighted by Crippen LogP contribution is 2.10. The molecule has 12 heavy (non-hydrogen) atoms. The number of benzene rings is 1. The van der Waals surface area contributed by atoms with Gasteiger partial charge in [-0.3, -0.25) is 0 Å². The van der Waals surface area contributed by atoms with Crippen molar-refractivity contribution in [2.75, 3.05) is 5.33 Å². The van der Waals surface area contributed by atoms with Gasteiger partial charge in [-0.1, -0.05) is 56.1 Å². The predicted molar refractivity (Wildman–Crippen MR) is 61.2 cm³/mol. The van der Waals surface area contributed by atoms with E-state index in [9.17, 15) is 0 Å². The molecule has 0 aromatic heterocycles. The molecule has 0 radical (unpaired) electrons. The summed E-state index contributed by atoms with van der Waals surface area (Å²) >= 11 is 6.88. The maximum absolute atomic E-state index is 3.45. The monoisotopic (exact) mass is 290 g/mol. The quantitative estimate of drug-likeness (QED) is 0.738. The lowest BCUT2D eigenvalue weighted by Crippen LogP contribution is -1.87. The minimum absolute atomic E-state index is 0.954. The van der Waals surface area contributed by atoms with Crippen LogP contribution in [0.5, 0.6) is 0 Å². The van der Waals surface area contributed by atoms with E-state index in [0.29, 0.717) is 0 Å². The van der Waals surface area contributed by atoms with Crippen LogP contribution in [0.3, 0.4) is 0 Å². The molecule has 0 saturated heterocycles. The first kappa shape index (κ1) is 10.3. The summed E-state index contributed by atoms with van der Waals surface area (Å²) in [5.41, 5.74) is 2.80. The number of hydrogen-bond acceptors (Lipinski definition) is 0. The zero-order valence-electron chi connectivity index (χ0n) is 6.89. The van der Waals surface area contributed by atoms with E-state index in [1.165, 1.54) is 24.0 Å². The largest absolute Gasteiger partial charge is 0.0928 e. The second-order valence-corrected chi connectivity index (χ2v) is 4.10. The molecule has 1 rings (SSSR count). The van der Waals surface area contributed by atoms with Gasteiger partial charge in [0, 0.05) is 10.7 Å². The first-order valence-corrected chi connectivity index (χ1v) is 6.31. The van der Waals surface area contributed by atoms with E-state index in [-0.39, 0.29) is 0 Å². The molecule has 0 nitrogen and oxygen atoms in total. The van der Waals surface area contributed by atoms with Crippen molar-refractivity contribution >= 4 is 31.9 Å². The number of hydrogen-bond donors (Lipinski definition) is 0. The van der Waals surface area contributed by atoms with Crippen molar-refractivity contribution < 1.29 is 0 Å². The number of rotatable bonds is 4. The van der Waals surface area contributed by atoms with Crippen LogP contribution in [0.4, 0.5) is 0 Å². The summed E-state index contributed by atoms with van der Waals surface area (Å²) in [5, 5.41) is 2.04. The van der Waals surface area contributed by atoms with E-state index in [1.807, 2.05) is 0 Å². The lowest BCUT2D eigenvalue weighted by atomic mass is 10.1. The second-order valence-electron chi connectivity index (χ2n) is 2.75. The van der Waals surface area contributed by atoms with Crippen molar-refractivity contribution in [1.82, 2.24) is 0 Å². The average molecular weight is 292 g/mol. The van der Waals surface area contributed by atoms with E-state index >= 15 is 0 Å². The first-order chi connectivity index (χ1) is 5.86. The molecular formula is C10H12Br2. The van der Waals surface area contributed by atoms with Crippen LogP contribution in [-0.2, 0) is 11.8 Å². The Balaban J connectivity index is 2.60. The zero-order valence-corrected chi connectivity index (χ0v) is 10.1. The van der Waals surface area contributed by atoms with Crippen molar-refractivity contribution in [3.05, 3.63) is 35.4 Å². The Morgan fingerprint density at radius 3 is 2.50 bits per heavy atom. The summed E-state index contributed by atoms with van der Waals surface area (Å²) in [4.78, 5) is 0. The van der Waals surface area contributed by atoms with E-state index in [2.05, 4.69) is 56.1 Å². The van der Waals surface area contributed by atoms with E-state index in [1.54, 1.807) is 0 Å². The fourth-order valence-corrected chi connectivity index (χ4v) is 1.77. The van der Waals surface area contributed by atoms with Crippen LogP contribution < -0.4 is 0 Å². The average Bonchev–Trinajstić information content (AvgIpc) is 2.15. The number of alkyl halides is 2. The van der Waals surface area contributed by atoms with Crippen molar-refractivity contribution in [3.8, 4) is 0 Å². The Morgan fingerprint density at radius 1 is 1.08 bits per heavy atom. The summed E-state index contributed by atoms with van der Waals surface area (Å²) in [6.45, 7) is 0. The van der Waals surface area contributed by atoms with Gasteiger partial charge in [0.25, 0.3) is 0 Å². The Labute approximate surface area is 90.6 Å². The molecule has 0 N–H and O–H groups in total. The lowest BCUT2D eigenvalue weighted by molar-refractivity contribution is 0.937. The number of aryl methyl sites for hydroxylation is 1. The van der Waals surface area contributed by atoms with Gasteiger partial charge in [-0.05, 0) is 24.0 Å². The van der Waals surface area contributed by atoms with Gasteiger partial charge in [0.05, 0.1) is 0 Å². The molecule has 0 atom stereocenters. The van der Waals surface area contributed by atoms with Gasteiger partial charge < -0.3 is 0 Å². The molecule has 0 bridgehead atoms. The molecule has 0 amide bonds. The van der Waals surface area contributed by atoms with Gasteiger partial charge in [0.2, 0.25) is 0 Å². The highest BCUT2D eigenvalue weighted by molar-refractivity contribution is 9.09. The van der Waals surface area contributed by atoms with Crippen molar-refractivity contribution in [1.29, 1.82) is 0 Å². The van der Waals surface area contributed by atoms with Crippen molar-refractivity contribution in [3.63, 3.8) is 0 Å². The smallest absolute Gasteiger partial charge is 0.0283 e. The van der Waals surface area contributed by atoms with Crippen LogP contribution in [0, 0.1) is 0 Å². The Kier molecular flexibility index (Phi) is 4.93. The molecule has 1 aromatic carbocycles. The van der Waals surface area contributed by atoms with Crippen LogP contribution in [0.1, 0.15) is 17.5 Å². The van der Waals surface area contributed by atoms with Crippen LogP contribution in [0.15, 0.2) is 24.3 Å². The maximum Gasteiger partial charge on any atom is 0.0283 e. The van der Waals surface area contributed by atoms with Crippen molar-refractivity contribution in [2.24, 2.45) is 0 Å². The second kappa shape index (κ2) is 5.76. The third kappa shape index (κ3) is 3.28. The molecule has 1 aromatic rings. The minimum Gasteiger partial charge on any atom is -0.0928 e. The first-order valence-electron chi connectivity index (χ1n) is 4.06. The van der Waals surface area contributed by atoms with E-state index in [4.69, 9.17) is 0 Å². The predicted octanol–water partition coefficient (Wildman–Crippen LogP) is 3.91. The van der Waals surface area contributed by atoms with Gasteiger partial charge in [-0.2, -0.15) is 0 Å². The molecular weight excluding hydrogens is 280 g/mol. The molecule has 0 saturated carbocycles. The third-order valence-electron chi connectivity index (χ3n) is 1.74. The fraction of sp³-hybridized carbons (Fsp3) is 0.400. The van der Waals surface area contributed by atoms with E-state index < -0.39 is 0 Å². The Bertz CT molecular complexity index is 233. The Hall–Kier alpha value is 0.180. The van der Waals surface area contributed by atoms with Crippen LogP contribution in [-0.4, -0.2) is 5.33 Å². The topological polar surface area (TPSA) is 0 Å². The molecule has 0 heterocycles. The zero-order chi connectivity index (χ0) is 8.81. The van der Waals surface area contributed by atoms with Gasteiger partial charge in [0.1, 0.15) is 0 Å². The van der Waals surface area contributed by atoms with Gasteiger partial charge in [-0.25, -0.2) is 0 Å². The molecule has 0 spiro atoms. The highest BCUT2D eigenvalue weighted by atomic mass is 79.9. The normalized spacial score (nSPS) is 10.2. The molecule has 66 valence electrons. The summed E-state index contributed by atoms with van der Waals surface area (Å²) < 4.78 is 0. The molecule has 0 aliphatic heterocycles. The highest BCUT2D eigenvalue weighted by Gasteiger charge is 1.93. The molecule has 0 aliphatic carbocycles. The molecule has 0 fully saturated rings.